The molecule has 0 spiro atoms. The highest BCUT2D eigenvalue weighted by Gasteiger charge is 2.23. The fourth-order valence-electron chi connectivity index (χ4n) is 2.41. The van der Waals surface area contributed by atoms with E-state index in [9.17, 15) is 4.79 Å². The van der Waals surface area contributed by atoms with Crippen LogP contribution in [0.2, 0.25) is 0 Å². The molecule has 0 atom stereocenters. The zero-order chi connectivity index (χ0) is 15.2. The Morgan fingerprint density at radius 3 is 2.77 bits per heavy atom. The van der Waals surface area contributed by atoms with E-state index in [1.165, 1.54) is 16.9 Å². The molecule has 0 unspecified atom stereocenters. The number of nitrogens with zero attached hydrogens (tertiary/aromatic N) is 3. The maximum atomic E-state index is 12.1. The van der Waals surface area contributed by atoms with Gasteiger partial charge in [-0.3, -0.25) is 5.32 Å². The number of anilines is 1. The van der Waals surface area contributed by atoms with Gasteiger partial charge in [-0.15, -0.1) is 10.2 Å². The first-order valence-electron chi connectivity index (χ1n) is 7.29. The minimum absolute atomic E-state index is 0.113. The van der Waals surface area contributed by atoms with Gasteiger partial charge in [-0.2, -0.15) is 0 Å². The Hall–Kier alpha value is -1.99. The molecule has 3 rings (SSSR count). The van der Waals surface area contributed by atoms with E-state index in [0.29, 0.717) is 24.8 Å². The molecule has 1 aromatic heterocycles. The smallest absolute Gasteiger partial charge is 0.323 e. The van der Waals surface area contributed by atoms with E-state index in [1.54, 1.807) is 10.4 Å². The SMILES string of the molecule is O=C(Nc1nncs1)N1CCC(OCc2ccccc2)CC1. The van der Waals surface area contributed by atoms with Crippen LogP contribution < -0.4 is 5.32 Å². The molecule has 1 aliphatic heterocycles. The minimum atomic E-state index is -0.113. The summed E-state index contributed by atoms with van der Waals surface area (Å²) in [5, 5.41) is 10.8. The van der Waals surface area contributed by atoms with E-state index in [1.807, 2.05) is 18.2 Å². The first-order chi connectivity index (χ1) is 10.8. The van der Waals surface area contributed by atoms with Crippen LogP contribution in [0.4, 0.5) is 9.93 Å². The van der Waals surface area contributed by atoms with Crippen LogP contribution in [-0.2, 0) is 11.3 Å². The average Bonchev–Trinajstić information content (AvgIpc) is 3.07. The minimum Gasteiger partial charge on any atom is -0.373 e. The van der Waals surface area contributed by atoms with Crippen molar-refractivity contribution in [2.75, 3.05) is 18.4 Å². The third kappa shape index (κ3) is 4.02. The molecule has 1 fully saturated rings. The van der Waals surface area contributed by atoms with Gasteiger partial charge in [0.05, 0.1) is 12.7 Å². The molecule has 7 heteroatoms. The Morgan fingerprint density at radius 1 is 1.32 bits per heavy atom. The molecular formula is C15H18N4O2S. The summed E-state index contributed by atoms with van der Waals surface area (Å²) in [5.41, 5.74) is 2.78. The number of piperidine rings is 1. The van der Waals surface area contributed by atoms with Crippen molar-refractivity contribution in [3.05, 3.63) is 41.4 Å². The number of urea groups is 1. The van der Waals surface area contributed by atoms with Crippen molar-refractivity contribution in [2.45, 2.75) is 25.6 Å². The summed E-state index contributed by atoms with van der Waals surface area (Å²) in [6.45, 7) is 2.02. The lowest BCUT2D eigenvalue weighted by Gasteiger charge is -2.31. The average molecular weight is 318 g/mol. The van der Waals surface area contributed by atoms with Gasteiger partial charge in [0.1, 0.15) is 5.51 Å². The van der Waals surface area contributed by atoms with Crippen LogP contribution >= 0.6 is 11.3 Å². The fourth-order valence-corrected chi connectivity index (χ4v) is 2.85. The topological polar surface area (TPSA) is 67.4 Å². The van der Waals surface area contributed by atoms with E-state index in [4.69, 9.17) is 4.74 Å². The van der Waals surface area contributed by atoms with Crippen molar-refractivity contribution in [1.82, 2.24) is 15.1 Å². The van der Waals surface area contributed by atoms with Gasteiger partial charge in [0.2, 0.25) is 5.13 Å². The van der Waals surface area contributed by atoms with Crippen molar-refractivity contribution in [2.24, 2.45) is 0 Å². The van der Waals surface area contributed by atoms with Crippen LogP contribution in [-0.4, -0.2) is 40.3 Å². The summed E-state index contributed by atoms with van der Waals surface area (Å²) in [7, 11) is 0. The summed E-state index contributed by atoms with van der Waals surface area (Å²) >= 11 is 1.32. The second-order valence-electron chi connectivity index (χ2n) is 5.16. The first kappa shape index (κ1) is 14.9. The maximum Gasteiger partial charge on any atom is 0.323 e. The quantitative estimate of drug-likeness (QED) is 0.941. The number of ether oxygens (including phenoxy) is 1. The third-order valence-corrected chi connectivity index (χ3v) is 4.24. The standard InChI is InChI=1S/C15H18N4O2S/c20-15(17-14-18-16-11-22-14)19-8-6-13(7-9-19)21-10-12-4-2-1-3-5-12/h1-5,11,13H,6-10H2,(H,17,18,20). The number of rotatable bonds is 4. The summed E-state index contributed by atoms with van der Waals surface area (Å²) in [4.78, 5) is 13.9. The lowest BCUT2D eigenvalue weighted by molar-refractivity contribution is 0.00540. The van der Waals surface area contributed by atoms with Gasteiger partial charge in [-0.25, -0.2) is 4.79 Å². The molecule has 2 aromatic rings. The van der Waals surface area contributed by atoms with Crippen LogP contribution in [0.5, 0.6) is 0 Å². The molecule has 6 nitrogen and oxygen atoms in total. The summed E-state index contributed by atoms with van der Waals surface area (Å²) < 4.78 is 5.92. The zero-order valence-corrected chi connectivity index (χ0v) is 13.0. The summed E-state index contributed by atoms with van der Waals surface area (Å²) in [6.07, 6.45) is 1.93. The van der Waals surface area contributed by atoms with Gasteiger partial charge >= 0.3 is 6.03 Å². The number of amides is 2. The molecule has 116 valence electrons. The predicted octanol–water partition coefficient (Wildman–Crippen LogP) is 2.75. The van der Waals surface area contributed by atoms with E-state index in [-0.39, 0.29) is 12.1 Å². The predicted molar refractivity (Wildman–Crippen MR) is 84.8 cm³/mol. The van der Waals surface area contributed by atoms with E-state index in [2.05, 4.69) is 27.6 Å². The number of likely N-dealkylation sites (tertiary alicyclic amines) is 1. The normalized spacial score (nSPS) is 15.7. The monoisotopic (exact) mass is 318 g/mol. The van der Waals surface area contributed by atoms with Crippen LogP contribution in [0.15, 0.2) is 35.8 Å². The second kappa shape index (κ2) is 7.33. The second-order valence-corrected chi connectivity index (χ2v) is 5.99. The lowest BCUT2D eigenvalue weighted by atomic mass is 10.1. The van der Waals surface area contributed by atoms with Crippen LogP contribution in [0.25, 0.3) is 0 Å². The number of hydrogen-bond acceptors (Lipinski definition) is 5. The Balaban J connectivity index is 1.41. The highest BCUT2D eigenvalue weighted by Crippen LogP contribution is 2.17. The number of nitrogens with one attached hydrogen (secondary N) is 1. The van der Waals surface area contributed by atoms with Crippen molar-refractivity contribution in [3.8, 4) is 0 Å². The Morgan fingerprint density at radius 2 is 2.09 bits per heavy atom. The molecule has 0 bridgehead atoms. The van der Waals surface area contributed by atoms with Crippen molar-refractivity contribution in [3.63, 3.8) is 0 Å². The van der Waals surface area contributed by atoms with Crippen molar-refractivity contribution in [1.29, 1.82) is 0 Å². The third-order valence-electron chi connectivity index (χ3n) is 3.63. The molecule has 2 amide bonds. The zero-order valence-electron chi connectivity index (χ0n) is 12.1. The van der Waals surface area contributed by atoms with Crippen LogP contribution in [0, 0.1) is 0 Å². The number of benzene rings is 1. The Labute approximate surface area is 133 Å². The molecule has 0 saturated carbocycles. The van der Waals surface area contributed by atoms with Crippen molar-refractivity contribution < 1.29 is 9.53 Å². The van der Waals surface area contributed by atoms with E-state index < -0.39 is 0 Å². The highest BCUT2D eigenvalue weighted by atomic mass is 32.1. The largest absolute Gasteiger partial charge is 0.373 e. The van der Waals surface area contributed by atoms with E-state index in [0.717, 1.165) is 12.8 Å². The molecule has 22 heavy (non-hydrogen) atoms. The van der Waals surface area contributed by atoms with Gasteiger partial charge in [0, 0.05) is 13.1 Å². The number of carbonyl (C=O) groups is 1. The van der Waals surface area contributed by atoms with Crippen molar-refractivity contribution >= 4 is 22.5 Å². The highest BCUT2D eigenvalue weighted by molar-refractivity contribution is 7.13. The van der Waals surface area contributed by atoms with Crippen LogP contribution in [0.1, 0.15) is 18.4 Å². The molecular weight excluding hydrogens is 300 g/mol. The number of carbonyl (C=O) groups excluding carboxylic acids is 1. The Bertz CT molecular complexity index is 583. The molecule has 0 radical (unpaired) electrons. The summed E-state index contributed by atoms with van der Waals surface area (Å²) in [6, 6.07) is 10.0. The van der Waals surface area contributed by atoms with Crippen LogP contribution in [0.3, 0.4) is 0 Å². The molecule has 1 aliphatic rings. The molecule has 2 heterocycles. The molecule has 0 aliphatic carbocycles. The van der Waals surface area contributed by atoms with Gasteiger partial charge in [-0.1, -0.05) is 41.7 Å². The lowest BCUT2D eigenvalue weighted by Crippen LogP contribution is -2.43. The molecule has 1 aromatic carbocycles. The first-order valence-corrected chi connectivity index (χ1v) is 8.17. The fraction of sp³-hybridized carbons (Fsp3) is 0.400. The summed E-state index contributed by atoms with van der Waals surface area (Å²) in [5.74, 6) is 0. The maximum absolute atomic E-state index is 12.1. The van der Waals surface area contributed by atoms with Gasteiger partial charge in [0.25, 0.3) is 0 Å². The number of hydrogen-bond donors (Lipinski definition) is 1. The molecule has 1 N–H and O–H groups in total. The Kier molecular flexibility index (Phi) is 4.97. The van der Waals surface area contributed by atoms with Gasteiger partial charge < -0.3 is 9.64 Å². The van der Waals surface area contributed by atoms with Gasteiger partial charge in [0.15, 0.2) is 0 Å². The molecule has 1 saturated heterocycles. The van der Waals surface area contributed by atoms with E-state index >= 15 is 0 Å². The number of aromatic nitrogens is 2. The van der Waals surface area contributed by atoms with Gasteiger partial charge in [-0.05, 0) is 18.4 Å².